The average Bonchev–Trinajstić information content (AvgIpc) is 3.18. The van der Waals surface area contributed by atoms with Crippen molar-refractivity contribution < 1.29 is 13.9 Å². The van der Waals surface area contributed by atoms with E-state index < -0.39 is 0 Å². The largest absolute Gasteiger partial charge is 0.497 e. The van der Waals surface area contributed by atoms with Crippen molar-refractivity contribution in [1.82, 2.24) is 19.7 Å². The van der Waals surface area contributed by atoms with Crippen molar-refractivity contribution in [1.29, 1.82) is 0 Å². The number of para-hydroxylation sites is 2. The minimum Gasteiger partial charge on any atom is -0.497 e. The van der Waals surface area contributed by atoms with Crippen LogP contribution in [0.3, 0.4) is 0 Å². The average molecular weight is 364 g/mol. The van der Waals surface area contributed by atoms with Gasteiger partial charge in [-0.05, 0) is 24.3 Å². The van der Waals surface area contributed by atoms with Crippen LogP contribution >= 0.6 is 0 Å². The van der Waals surface area contributed by atoms with Gasteiger partial charge in [0.15, 0.2) is 0 Å². The molecule has 2 aromatic carbocycles. The van der Waals surface area contributed by atoms with Gasteiger partial charge in [-0.15, -0.1) is 10.2 Å². The molecule has 0 N–H and O–H groups in total. The summed E-state index contributed by atoms with van der Waals surface area (Å²) in [5.41, 5.74) is 1.84. The van der Waals surface area contributed by atoms with E-state index in [1.165, 1.54) is 6.20 Å². The molecule has 0 amide bonds. The first-order chi connectivity index (χ1) is 13.2. The lowest BCUT2D eigenvalue weighted by atomic mass is 10.2. The Kier molecular flexibility index (Phi) is 4.29. The summed E-state index contributed by atoms with van der Waals surface area (Å²) in [5, 5.41) is 8.15. The third-order valence-electron chi connectivity index (χ3n) is 4.11. The van der Waals surface area contributed by atoms with Crippen LogP contribution in [0.2, 0.25) is 0 Å². The number of aromatic nitrogens is 4. The molecule has 0 saturated heterocycles. The van der Waals surface area contributed by atoms with Crippen LogP contribution in [-0.4, -0.2) is 34.0 Å². The van der Waals surface area contributed by atoms with Gasteiger partial charge in [0.05, 0.1) is 31.4 Å². The minimum absolute atomic E-state index is 0.149. The summed E-state index contributed by atoms with van der Waals surface area (Å²) in [6, 6.07) is 12.7. The highest BCUT2D eigenvalue weighted by Gasteiger charge is 2.13. The van der Waals surface area contributed by atoms with Crippen molar-refractivity contribution in [2.24, 2.45) is 0 Å². The van der Waals surface area contributed by atoms with Gasteiger partial charge in [0.2, 0.25) is 11.8 Å². The van der Waals surface area contributed by atoms with Crippen LogP contribution < -0.4 is 15.0 Å². The van der Waals surface area contributed by atoms with Crippen LogP contribution in [0.1, 0.15) is 5.89 Å². The molecule has 27 heavy (non-hydrogen) atoms. The first-order valence-electron chi connectivity index (χ1n) is 8.18. The molecule has 0 bridgehead atoms. The van der Waals surface area contributed by atoms with Crippen molar-refractivity contribution >= 4 is 11.0 Å². The van der Waals surface area contributed by atoms with Gasteiger partial charge in [0.25, 0.3) is 5.56 Å². The molecule has 0 saturated carbocycles. The summed E-state index contributed by atoms with van der Waals surface area (Å²) in [6.07, 6.45) is 1.28. The summed E-state index contributed by atoms with van der Waals surface area (Å²) < 4.78 is 17.8. The number of ether oxygens (including phenoxy) is 2. The van der Waals surface area contributed by atoms with Gasteiger partial charge >= 0.3 is 0 Å². The Balaban J connectivity index is 1.71. The molecule has 4 aromatic rings. The van der Waals surface area contributed by atoms with Crippen molar-refractivity contribution in [3.05, 3.63) is 64.9 Å². The summed E-state index contributed by atoms with van der Waals surface area (Å²) in [6.45, 7) is 0.149. The highest BCUT2D eigenvalue weighted by molar-refractivity contribution is 5.74. The van der Waals surface area contributed by atoms with Gasteiger partial charge in [0.1, 0.15) is 18.0 Å². The molecule has 0 fully saturated rings. The maximum Gasteiger partial charge on any atom is 0.269 e. The van der Waals surface area contributed by atoms with Crippen molar-refractivity contribution in [3.63, 3.8) is 0 Å². The van der Waals surface area contributed by atoms with Crippen LogP contribution in [0.15, 0.2) is 57.9 Å². The molecule has 0 unspecified atom stereocenters. The van der Waals surface area contributed by atoms with Gasteiger partial charge in [-0.3, -0.25) is 9.36 Å². The summed E-state index contributed by atoms with van der Waals surface area (Å²) in [7, 11) is 3.14. The Morgan fingerprint density at radius 2 is 1.78 bits per heavy atom. The number of rotatable bonds is 5. The number of hydrogen-bond donors (Lipinski definition) is 0. The fourth-order valence-corrected chi connectivity index (χ4v) is 2.78. The van der Waals surface area contributed by atoms with E-state index in [9.17, 15) is 4.79 Å². The lowest BCUT2D eigenvalue weighted by molar-refractivity contribution is 0.394. The molecule has 0 aliphatic carbocycles. The zero-order valence-electron chi connectivity index (χ0n) is 14.7. The molecule has 2 heterocycles. The van der Waals surface area contributed by atoms with Gasteiger partial charge in [-0.25, -0.2) is 4.98 Å². The SMILES string of the molecule is COc1cc(OC)cc(-c2nnc(Cn3c(=O)cnc4ccccc43)o2)c1. The van der Waals surface area contributed by atoms with Crippen LogP contribution in [0.25, 0.3) is 22.5 Å². The predicted octanol–water partition coefficient (Wildman–Crippen LogP) is 2.51. The number of benzene rings is 2. The zero-order valence-corrected chi connectivity index (χ0v) is 14.7. The van der Waals surface area contributed by atoms with Gasteiger partial charge < -0.3 is 13.9 Å². The van der Waals surface area contributed by atoms with E-state index in [2.05, 4.69) is 15.2 Å². The molecule has 8 nitrogen and oxygen atoms in total. The second-order valence-electron chi connectivity index (χ2n) is 5.77. The van der Waals surface area contributed by atoms with E-state index in [1.54, 1.807) is 37.0 Å². The number of methoxy groups -OCH3 is 2. The standard InChI is InChI=1S/C19H16N4O4/c1-25-13-7-12(8-14(9-13)26-2)19-22-21-17(27-19)11-23-16-6-4-3-5-15(16)20-10-18(23)24/h3-10H,11H2,1-2H3. The maximum atomic E-state index is 12.3. The predicted molar refractivity (Wildman–Crippen MR) is 97.9 cm³/mol. The van der Waals surface area contributed by atoms with Crippen molar-refractivity contribution in [3.8, 4) is 23.0 Å². The van der Waals surface area contributed by atoms with E-state index in [-0.39, 0.29) is 12.1 Å². The second kappa shape index (κ2) is 6.91. The van der Waals surface area contributed by atoms with Crippen molar-refractivity contribution in [2.45, 2.75) is 6.54 Å². The maximum absolute atomic E-state index is 12.3. The lowest BCUT2D eigenvalue weighted by Crippen LogP contribution is -2.21. The smallest absolute Gasteiger partial charge is 0.269 e. The molecule has 136 valence electrons. The number of nitrogens with zero attached hydrogens (tertiary/aromatic N) is 4. The quantitative estimate of drug-likeness (QED) is 0.537. The van der Waals surface area contributed by atoms with Gasteiger partial charge in [-0.1, -0.05) is 12.1 Å². The lowest BCUT2D eigenvalue weighted by Gasteiger charge is -2.07. The second-order valence-corrected chi connectivity index (χ2v) is 5.77. The van der Waals surface area contributed by atoms with Crippen LogP contribution in [-0.2, 0) is 6.54 Å². The normalized spacial score (nSPS) is 10.9. The fraction of sp³-hybridized carbons (Fsp3) is 0.158. The van der Waals surface area contributed by atoms with E-state index in [4.69, 9.17) is 13.9 Å². The Labute approximate surface area is 154 Å². The fourth-order valence-electron chi connectivity index (χ4n) is 2.78. The third kappa shape index (κ3) is 3.24. The van der Waals surface area contributed by atoms with Crippen LogP contribution in [0, 0.1) is 0 Å². The van der Waals surface area contributed by atoms with Crippen LogP contribution in [0.4, 0.5) is 0 Å². The first-order valence-corrected chi connectivity index (χ1v) is 8.18. The molecule has 0 aliphatic rings. The molecule has 0 aliphatic heterocycles. The summed E-state index contributed by atoms with van der Waals surface area (Å²) in [5.74, 6) is 1.85. The Hall–Kier alpha value is -3.68. The first kappa shape index (κ1) is 16.8. The van der Waals surface area contributed by atoms with Gasteiger partial charge in [0, 0.05) is 11.6 Å². The molecule has 2 aromatic heterocycles. The Morgan fingerprint density at radius 3 is 2.52 bits per heavy atom. The Bertz CT molecular complexity index is 1140. The highest BCUT2D eigenvalue weighted by atomic mass is 16.5. The molecule has 0 spiro atoms. The molecular weight excluding hydrogens is 348 g/mol. The van der Waals surface area contributed by atoms with E-state index >= 15 is 0 Å². The molecule has 0 radical (unpaired) electrons. The molecule has 4 rings (SSSR count). The van der Waals surface area contributed by atoms with E-state index in [0.717, 1.165) is 5.52 Å². The van der Waals surface area contributed by atoms with Gasteiger partial charge in [-0.2, -0.15) is 0 Å². The number of hydrogen-bond acceptors (Lipinski definition) is 7. The minimum atomic E-state index is -0.239. The molecular formula is C19H16N4O4. The molecule has 0 atom stereocenters. The van der Waals surface area contributed by atoms with E-state index in [1.807, 2.05) is 24.3 Å². The highest BCUT2D eigenvalue weighted by Crippen LogP contribution is 2.29. The monoisotopic (exact) mass is 364 g/mol. The Morgan fingerprint density at radius 1 is 1.04 bits per heavy atom. The van der Waals surface area contributed by atoms with Crippen LogP contribution in [0.5, 0.6) is 11.5 Å². The topological polar surface area (TPSA) is 92.3 Å². The van der Waals surface area contributed by atoms with E-state index in [0.29, 0.717) is 34.4 Å². The van der Waals surface area contributed by atoms with Crippen molar-refractivity contribution in [2.75, 3.05) is 14.2 Å². The molecule has 8 heteroatoms. The summed E-state index contributed by atoms with van der Waals surface area (Å²) in [4.78, 5) is 16.4. The summed E-state index contributed by atoms with van der Waals surface area (Å²) >= 11 is 0. The third-order valence-corrected chi connectivity index (χ3v) is 4.11. The number of fused-ring (bicyclic) bond motifs is 1. The zero-order chi connectivity index (χ0) is 18.8.